The normalized spacial score (nSPS) is 12.0. The summed E-state index contributed by atoms with van der Waals surface area (Å²) in [5, 5.41) is 18.4. The lowest BCUT2D eigenvalue weighted by Gasteiger charge is -2.14. The first-order valence-electron chi connectivity index (χ1n) is 6.51. The maximum atomic E-state index is 13.6. The van der Waals surface area contributed by atoms with Gasteiger partial charge in [-0.05, 0) is 98.0 Å². The second-order valence-corrected chi connectivity index (χ2v) is 8.36. The van der Waals surface area contributed by atoms with Gasteiger partial charge in [-0.3, -0.25) is 4.79 Å². The number of benzene rings is 2. The van der Waals surface area contributed by atoms with Crippen molar-refractivity contribution < 1.29 is 24.1 Å². The van der Waals surface area contributed by atoms with Crippen LogP contribution in [0.4, 0.5) is 4.39 Å². The fourth-order valence-electron chi connectivity index (χ4n) is 1.89. The molecule has 0 aliphatic heterocycles. The molecule has 24 heavy (non-hydrogen) atoms. The van der Waals surface area contributed by atoms with Crippen molar-refractivity contribution in [1.82, 2.24) is 0 Å². The Morgan fingerprint density at radius 1 is 1.17 bits per heavy atom. The molecule has 128 valence electrons. The molecular weight excluding hydrogens is 658 g/mol. The molecule has 2 aromatic carbocycles. The van der Waals surface area contributed by atoms with Gasteiger partial charge in [0.2, 0.25) is 0 Å². The molecule has 9 heteroatoms. The molecule has 5 nitrogen and oxygen atoms in total. The number of aromatic hydroxyl groups is 1. The van der Waals surface area contributed by atoms with E-state index in [1.54, 1.807) is 12.1 Å². The van der Waals surface area contributed by atoms with Crippen LogP contribution in [0.2, 0.25) is 0 Å². The molecule has 0 spiro atoms. The number of phenolic OH excluding ortho intramolecular Hbond substituents is 1. The fraction of sp³-hybridized carbons (Fsp3) is 0.133. The molecule has 0 saturated carbocycles. The molecule has 0 heterocycles. The van der Waals surface area contributed by atoms with Crippen LogP contribution in [0.1, 0.15) is 5.56 Å². The van der Waals surface area contributed by atoms with E-state index in [9.17, 15) is 14.3 Å². The monoisotopic (exact) mass is 669 g/mol. The van der Waals surface area contributed by atoms with E-state index in [0.29, 0.717) is 9.32 Å². The highest BCUT2D eigenvalue weighted by Crippen LogP contribution is 2.36. The zero-order valence-corrected chi connectivity index (χ0v) is 18.4. The Hall–Kier alpha value is -0.410. The van der Waals surface area contributed by atoms with E-state index in [2.05, 4.69) is 45.2 Å². The van der Waals surface area contributed by atoms with Crippen molar-refractivity contribution in [1.29, 1.82) is 0 Å². The summed E-state index contributed by atoms with van der Waals surface area (Å²) in [5.41, 5.74) is 6.33. The van der Waals surface area contributed by atoms with Gasteiger partial charge in [-0.15, -0.1) is 0 Å². The summed E-state index contributed by atoms with van der Waals surface area (Å²) < 4.78 is 21.2. The zero-order valence-electron chi connectivity index (χ0n) is 11.9. The average Bonchev–Trinajstić information content (AvgIpc) is 2.48. The fourth-order valence-corrected chi connectivity index (χ4v) is 4.57. The molecular formula is C15H11FI3NO4. The molecule has 0 bridgehead atoms. The maximum Gasteiger partial charge on any atom is 0.320 e. The minimum absolute atomic E-state index is 0.202. The smallest absolute Gasteiger partial charge is 0.320 e. The lowest BCUT2D eigenvalue weighted by Crippen LogP contribution is -2.32. The summed E-state index contributed by atoms with van der Waals surface area (Å²) >= 11 is 5.94. The first kappa shape index (κ1) is 19.9. The van der Waals surface area contributed by atoms with Crippen molar-refractivity contribution in [2.24, 2.45) is 5.73 Å². The predicted molar refractivity (Wildman–Crippen MR) is 112 cm³/mol. The van der Waals surface area contributed by atoms with Crippen molar-refractivity contribution in [3.05, 3.63) is 46.4 Å². The number of carboxylic acid groups (broad SMARTS) is 1. The minimum Gasteiger partial charge on any atom is -0.504 e. The lowest BCUT2D eigenvalue weighted by atomic mass is 10.1. The molecule has 1 atom stereocenters. The van der Waals surface area contributed by atoms with Crippen LogP contribution >= 0.6 is 67.8 Å². The van der Waals surface area contributed by atoms with Gasteiger partial charge in [-0.1, -0.05) is 0 Å². The van der Waals surface area contributed by atoms with Crippen molar-refractivity contribution in [3.63, 3.8) is 0 Å². The van der Waals surface area contributed by atoms with E-state index in [4.69, 9.17) is 15.6 Å². The van der Waals surface area contributed by atoms with E-state index in [1.807, 2.05) is 22.6 Å². The first-order valence-corrected chi connectivity index (χ1v) is 9.74. The number of rotatable bonds is 5. The summed E-state index contributed by atoms with van der Waals surface area (Å²) in [6.07, 6.45) is 0.202. The quantitative estimate of drug-likeness (QED) is 0.418. The summed E-state index contributed by atoms with van der Waals surface area (Å²) in [6.45, 7) is 0. The Balaban J connectivity index is 2.30. The number of ether oxygens (including phenoxy) is 1. The van der Waals surface area contributed by atoms with Crippen LogP contribution in [0.25, 0.3) is 0 Å². The number of carbonyl (C=O) groups is 1. The number of phenols is 1. The SMILES string of the molecule is N[C@@H](Cc1cc(I)c(Oc2cc(F)c(O)c(I)c2)c(I)c1)C(=O)O. The molecule has 0 saturated heterocycles. The Bertz CT molecular complexity index is 754. The van der Waals surface area contributed by atoms with E-state index < -0.39 is 23.6 Å². The Morgan fingerprint density at radius 3 is 2.25 bits per heavy atom. The Kier molecular flexibility index (Phi) is 6.90. The molecule has 2 rings (SSSR count). The first-order chi connectivity index (χ1) is 11.2. The van der Waals surface area contributed by atoms with Crippen molar-refractivity contribution in [2.75, 3.05) is 0 Å². The standard InChI is InChI=1S/C15H11FI3NO4/c16-8-4-7(5-9(17)13(8)21)24-14-10(18)1-6(2-11(14)19)3-12(20)15(22)23/h1-2,4-5,12,21H,3,20H2,(H,22,23)/t12-/m0/s1. The van der Waals surface area contributed by atoms with Crippen LogP contribution in [-0.4, -0.2) is 22.2 Å². The van der Waals surface area contributed by atoms with Crippen molar-refractivity contribution in [2.45, 2.75) is 12.5 Å². The molecule has 4 N–H and O–H groups in total. The predicted octanol–water partition coefficient (Wildman–Crippen LogP) is 4.09. The summed E-state index contributed by atoms with van der Waals surface area (Å²) in [4.78, 5) is 10.9. The number of aliphatic carboxylic acids is 1. The van der Waals surface area contributed by atoms with Gasteiger partial charge in [-0.25, -0.2) is 4.39 Å². The van der Waals surface area contributed by atoms with Crippen LogP contribution in [0.3, 0.4) is 0 Å². The number of hydrogen-bond acceptors (Lipinski definition) is 4. The number of hydrogen-bond donors (Lipinski definition) is 3. The van der Waals surface area contributed by atoms with Crippen LogP contribution in [0.5, 0.6) is 17.2 Å². The summed E-state index contributed by atoms with van der Waals surface area (Å²) in [6, 6.07) is 5.22. The van der Waals surface area contributed by atoms with Gasteiger partial charge >= 0.3 is 5.97 Å². The average molecular weight is 669 g/mol. The number of nitrogens with two attached hydrogens (primary N) is 1. The van der Waals surface area contributed by atoms with Crippen LogP contribution < -0.4 is 10.5 Å². The third-order valence-electron chi connectivity index (χ3n) is 3.04. The molecule has 0 amide bonds. The highest BCUT2D eigenvalue weighted by Gasteiger charge is 2.17. The van der Waals surface area contributed by atoms with Gasteiger partial charge in [0.15, 0.2) is 17.3 Å². The van der Waals surface area contributed by atoms with Crippen molar-refractivity contribution >= 4 is 73.7 Å². The summed E-state index contributed by atoms with van der Waals surface area (Å²) in [7, 11) is 0. The summed E-state index contributed by atoms with van der Waals surface area (Å²) in [5.74, 6) is -1.43. The highest BCUT2D eigenvalue weighted by atomic mass is 127. The highest BCUT2D eigenvalue weighted by molar-refractivity contribution is 14.1. The van der Waals surface area contributed by atoms with E-state index in [-0.39, 0.29) is 12.2 Å². The second-order valence-electron chi connectivity index (χ2n) is 4.88. The molecule has 0 fully saturated rings. The molecule has 0 aliphatic carbocycles. The third-order valence-corrected chi connectivity index (χ3v) is 5.47. The number of carboxylic acids is 1. The van der Waals surface area contributed by atoms with Gasteiger partial charge in [0, 0.05) is 6.07 Å². The van der Waals surface area contributed by atoms with E-state index in [0.717, 1.165) is 18.8 Å². The minimum atomic E-state index is -1.06. The molecule has 0 unspecified atom stereocenters. The van der Waals surface area contributed by atoms with Gasteiger partial charge in [0.25, 0.3) is 0 Å². The molecule has 0 aromatic heterocycles. The van der Waals surface area contributed by atoms with Gasteiger partial charge < -0.3 is 20.7 Å². The number of halogens is 4. The lowest BCUT2D eigenvalue weighted by molar-refractivity contribution is -0.138. The largest absolute Gasteiger partial charge is 0.504 e. The molecule has 0 radical (unpaired) electrons. The van der Waals surface area contributed by atoms with E-state index in [1.165, 1.54) is 6.07 Å². The van der Waals surface area contributed by atoms with Crippen LogP contribution in [-0.2, 0) is 11.2 Å². The second kappa shape index (κ2) is 8.31. The maximum absolute atomic E-state index is 13.6. The molecule has 0 aliphatic rings. The Labute approximate surface area is 178 Å². The third kappa shape index (κ3) is 4.82. The van der Waals surface area contributed by atoms with Gasteiger partial charge in [0.05, 0.1) is 10.7 Å². The van der Waals surface area contributed by atoms with Crippen molar-refractivity contribution in [3.8, 4) is 17.2 Å². The van der Waals surface area contributed by atoms with Crippen LogP contribution in [0.15, 0.2) is 24.3 Å². The Morgan fingerprint density at radius 2 is 1.75 bits per heavy atom. The van der Waals surface area contributed by atoms with Crippen LogP contribution in [0, 0.1) is 16.5 Å². The molecule has 2 aromatic rings. The van der Waals surface area contributed by atoms with E-state index >= 15 is 0 Å². The van der Waals surface area contributed by atoms with Gasteiger partial charge in [0.1, 0.15) is 11.8 Å². The zero-order chi connectivity index (χ0) is 18.0. The topological polar surface area (TPSA) is 92.8 Å². The van der Waals surface area contributed by atoms with Gasteiger partial charge in [-0.2, -0.15) is 0 Å².